The minimum absolute atomic E-state index is 0.317. The highest BCUT2D eigenvalue weighted by Crippen LogP contribution is 2.25. The predicted octanol–water partition coefficient (Wildman–Crippen LogP) is 0.424. The van der Waals surface area contributed by atoms with Crippen LogP contribution in [0.4, 0.5) is 0 Å². The zero-order chi connectivity index (χ0) is 10.7. The predicted molar refractivity (Wildman–Crippen MR) is 56.3 cm³/mol. The van der Waals surface area contributed by atoms with Crippen LogP contribution in [-0.4, -0.2) is 34.5 Å². The minimum atomic E-state index is 0.317. The normalized spacial score (nSPS) is 18.8. The third kappa shape index (κ3) is 2.35. The maximum absolute atomic E-state index is 5.20. The molecule has 15 heavy (non-hydrogen) atoms. The van der Waals surface area contributed by atoms with Crippen molar-refractivity contribution in [3.63, 3.8) is 0 Å². The van der Waals surface area contributed by atoms with Crippen molar-refractivity contribution in [2.24, 2.45) is 5.41 Å². The van der Waals surface area contributed by atoms with E-state index in [9.17, 15) is 0 Å². The van der Waals surface area contributed by atoms with Crippen molar-refractivity contribution in [1.82, 2.24) is 20.1 Å². The lowest BCUT2D eigenvalue weighted by Crippen LogP contribution is -2.47. The maximum Gasteiger partial charge on any atom is 0.140 e. The summed E-state index contributed by atoms with van der Waals surface area (Å²) >= 11 is 0. The van der Waals surface area contributed by atoms with Gasteiger partial charge in [-0.1, -0.05) is 6.92 Å². The van der Waals surface area contributed by atoms with E-state index < -0.39 is 0 Å². The number of aryl methyl sites for hydroxylation is 1. The Morgan fingerprint density at radius 1 is 1.60 bits per heavy atom. The molecule has 0 radical (unpaired) electrons. The van der Waals surface area contributed by atoms with Crippen LogP contribution in [-0.2, 0) is 17.8 Å². The van der Waals surface area contributed by atoms with Crippen LogP contribution in [0.25, 0.3) is 0 Å². The van der Waals surface area contributed by atoms with Crippen molar-refractivity contribution < 1.29 is 4.74 Å². The Hall–Kier alpha value is -0.940. The van der Waals surface area contributed by atoms with Crippen molar-refractivity contribution in [3.8, 4) is 0 Å². The number of hydrogen-bond donors (Lipinski definition) is 1. The summed E-state index contributed by atoms with van der Waals surface area (Å²) in [7, 11) is 0. The van der Waals surface area contributed by atoms with Crippen LogP contribution >= 0.6 is 0 Å². The molecular formula is C10H18N4O. The van der Waals surface area contributed by atoms with E-state index in [2.05, 4.69) is 29.2 Å². The third-order valence-corrected chi connectivity index (χ3v) is 2.73. The van der Waals surface area contributed by atoms with Crippen LogP contribution in [0, 0.1) is 5.41 Å². The summed E-state index contributed by atoms with van der Waals surface area (Å²) in [6, 6.07) is 0. The number of hydrogen-bond acceptors (Lipinski definition) is 4. The summed E-state index contributed by atoms with van der Waals surface area (Å²) in [6.45, 7) is 8.65. The fourth-order valence-electron chi connectivity index (χ4n) is 1.72. The van der Waals surface area contributed by atoms with Gasteiger partial charge in [0.25, 0.3) is 0 Å². The minimum Gasteiger partial charge on any atom is -0.380 e. The molecule has 0 aliphatic carbocycles. The smallest absolute Gasteiger partial charge is 0.140 e. The third-order valence-electron chi connectivity index (χ3n) is 2.73. The number of nitrogens with zero attached hydrogens (tertiary/aromatic N) is 3. The Bertz CT molecular complexity index is 319. The van der Waals surface area contributed by atoms with Crippen LogP contribution < -0.4 is 5.32 Å². The number of aromatic nitrogens is 3. The van der Waals surface area contributed by atoms with E-state index in [0.29, 0.717) is 5.41 Å². The molecule has 1 aliphatic rings. The van der Waals surface area contributed by atoms with Crippen molar-refractivity contribution in [2.75, 3.05) is 19.8 Å². The molecule has 84 valence electrons. The van der Waals surface area contributed by atoms with E-state index >= 15 is 0 Å². The molecule has 0 unspecified atom stereocenters. The molecular weight excluding hydrogens is 192 g/mol. The molecule has 2 heterocycles. The second kappa shape index (κ2) is 4.28. The first kappa shape index (κ1) is 10.6. The highest BCUT2D eigenvalue weighted by Gasteiger charge is 2.32. The first-order valence-electron chi connectivity index (χ1n) is 5.39. The van der Waals surface area contributed by atoms with E-state index in [1.165, 1.54) is 0 Å². The van der Waals surface area contributed by atoms with E-state index in [-0.39, 0.29) is 0 Å². The molecule has 1 aromatic heterocycles. The summed E-state index contributed by atoms with van der Waals surface area (Å²) in [5.41, 5.74) is 0.317. The van der Waals surface area contributed by atoms with Gasteiger partial charge >= 0.3 is 0 Å². The van der Waals surface area contributed by atoms with Crippen molar-refractivity contribution in [1.29, 1.82) is 0 Å². The molecule has 0 spiro atoms. The lowest BCUT2D eigenvalue weighted by Gasteiger charge is -2.38. The van der Waals surface area contributed by atoms with E-state index in [1.54, 1.807) is 6.33 Å². The molecule has 0 amide bonds. The molecule has 1 aliphatic heterocycles. The lowest BCUT2D eigenvalue weighted by molar-refractivity contribution is -0.0992. The van der Waals surface area contributed by atoms with Crippen LogP contribution in [0.2, 0.25) is 0 Å². The molecule has 0 atom stereocenters. The van der Waals surface area contributed by atoms with E-state index in [1.807, 2.05) is 4.68 Å². The summed E-state index contributed by atoms with van der Waals surface area (Å²) < 4.78 is 7.11. The molecule has 0 bridgehead atoms. The standard InChI is InChI=1S/C10H18N4O/c1-3-14-9(12-8-13-14)4-11-5-10(2)6-15-7-10/h8,11H,3-7H2,1-2H3. The van der Waals surface area contributed by atoms with Gasteiger partial charge in [0.1, 0.15) is 12.2 Å². The van der Waals surface area contributed by atoms with Gasteiger partial charge in [0, 0.05) is 18.5 Å². The average Bonchev–Trinajstić information content (AvgIpc) is 2.63. The van der Waals surface area contributed by atoms with Gasteiger partial charge in [-0.3, -0.25) is 0 Å². The average molecular weight is 210 g/mol. The molecule has 2 rings (SSSR count). The largest absolute Gasteiger partial charge is 0.380 e. The van der Waals surface area contributed by atoms with Gasteiger partial charge in [-0.2, -0.15) is 5.10 Å². The van der Waals surface area contributed by atoms with Gasteiger partial charge < -0.3 is 10.1 Å². The van der Waals surface area contributed by atoms with Crippen LogP contribution in [0.15, 0.2) is 6.33 Å². The highest BCUT2D eigenvalue weighted by atomic mass is 16.5. The van der Waals surface area contributed by atoms with Gasteiger partial charge in [-0.15, -0.1) is 0 Å². The van der Waals surface area contributed by atoms with Crippen LogP contribution in [0.5, 0.6) is 0 Å². The monoisotopic (exact) mass is 210 g/mol. The fourth-order valence-corrected chi connectivity index (χ4v) is 1.72. The summed E-state index contributed by atoms with van der Waals surface area (Å²) in [6.07, 6.45) is 1.61. The highest BCUT2D eigenvalue weighted by molar-refractivity contribution is 4.87. The molecule has 1 saturated heterocycles. The first-order valence-corrected chi connectivity index (χ1v) is 5.39. The second-order valence-electron chi connectivity index (χ2n) is 4.40. The van der Waals surface area contributed by atoms with Crippen molar-refractivity contribution in [2.45, 2.75) is 26.9 Å². The summed E-state index contributed by atoms with van der Waals surface area (Å²) in [5.74, 6) is 1.00. The van der Waals surface area contributed by atoms with Gasteiger partial charge in [0.2, 0.25) is 0 Å². The Morgan fingerprint density at radius 3 is 3.00 bits per heavy atom. The van der Waals surface area contributed by atoms with Crippen molar-refractivity contribution >= 4 is 0 Å². The number of rotatable bonds is 5. The Kier molecular flexibility index (Phi) is 3.02. The molecule has 0 aromatic carbocycles. The number of ether oxygens (including phenoxy) is 1. The van der Waals surface area contributed by atoms with Gasteiger partial charge in [-0.05, 0) is 6.92 Å². The van der Waals surface area contributed by atoms with Gasteiger partial charge in [-0.25, -0.2) is 9.67 Å². The first-order chi connectivity index (χ1) is 7.23. The second-order valence-corrected chi connectivity index (χ2v) is 4.40. The fraction of sp³-hybridized carbons (Fsp3) is 0.800. The maximum atomic E-state index is 5.20. The van der Waals surface area contributed by atoms with E-state index in [4.69, 9.17) is 4.74 Å². The zero-order valence-electron chi connectivity index (χ0n) is 9.36. The Labute approximate surface area is 89.8 Å². The van der Waals surface area contributed by atoms with Crippen LogP contribution in [0.1, 0.15) is 19.7 Å². The summed E-state index contributed by atoms with van der Waals surface area (Å²) in [5, 5.41) is 7.53. The van der Waals surface area contributed by atoms with E-state index in [0.717, 1.165) is 38.7 Å². The lowest BCUT2D eigenvalue weighted by atomic mass is 9.89. The van der Waals surface area contributed by atoms with Gasteiger partial charge in [0.05, 0.1) is 19.8 Å². The van der Waals surface area contributed by atoms with Gasteiger partial charge in [0.15, 0.2) is 0 Å². The SMILES string of the molecule is CCn1ncnc1CNCC1(C)COC1. The Balaban J connectivity index is 1.78. The Morgan fingerprint density at radius 2 is 2.40 bits per heavy atom. The topological polar surface area (TPSA) is 52.0 Å². The molecule has 0 saturated carbocycles. The molecule has 5 heteroatoms. The summed E-state index contributed by atoms with van der Waals surface area (Å²) in [4.78, 5) is 4.21. The molecule has 1 aromatic rings. The molecule has 5 nitrogen and oxygen atoms in total. The van der Waals surface area contributed by atoms with Crippen molar-refractivity contribution in [3.05, 3.63) is 12.2 Å². The van der Waals surface area contributed by atoms with Crippen LogP contribution in [0.3, 0.4) is 0 Å². The quantitative estimate of drug-likeness (QED) is 0.765. The molecule has 1 N–H and O–H groups in total. The number of nitrogens with one attached hydrogen (secondary N) is 1. The molecule has 1 fully saturated rings. The zero-order valence-corrected chi connectivity index (χ0v) is 9.36.